The van der Waals surface area contributed by atoms with Crippen LogP contribution in [0.4, 0.5) is 13.2 Å². The predicted octanol–water partition coefficient (Wildman–Crippen LogP) is 4.04. The van der Waals surface area contributed by atoms with E-state index in [4.69, 9.17) is 0 Å². The molecule has 2 aromatic carbocycles. The molecule has 3 aromatic rings. The zero-order valence-electron chi connectivity index (χ0n) is 18.0. The van der Waals surface area contributed by atoms with Gasteiger partial charge in [0.2, 0.25) is 11.8 Å². The molecule has 1 N–H and O–H groups in total. The van der Waals surface area contributed by atoms with Crippen LogP contribution in [0.1, 0.15) is 41.8 Å². The van der Waals surface area contributed by atoms with Crippen LogP contribution in [0.5, 0.6) is 0 Å². The molecule has 0 saturated carbocycles. The molecule has 172 valence electrons. The number of fused-ring (bicyclic) bond motifs is 1. The average Bonchev–Trinajstić information content (AvgIpc) is 3.29. The summed E-state index contributed by atoms with van der Waals surface area (Å²) in [5, 5.41) is 6.42. The average molecular weight is 456 g/mol. The van der Waals surface area contributed by atoms with E-state index in [-0.39, 0.29) is 30.8 Å². The largest absolute Gasteiger partial charge is 0.435 e. The highest BCUT2D eigenvalue weighted by Crippen LogP contribution is 2.32. The maximum absolute atomic E-state index is 12.7. The number of nitrogens with zero attached hydrogens (tertiary/aromatic N) is 3. The minimum atomic E-state index is -4.49. The Morgan fingerprint density at radius 1 is 1.09 bits per heavy atom. The molecule has 1 unspecified atom stereocenters. The summed E-state index contributed by atoms with van der Waals surface area (Å²) in [4.78, 5) is 26.5. The van der Waals surface area contributed by atoms with Crippen molar-refractivity contribution in [1.29, 1.82) is 0 Å². The fourth-order valence-electron chi connectivity index (χ4n) is 4.08. The van der Waals surface area contributed by atoms with Crippen molar-refractivity contribution in [2.75, 3.05) is 6.54 Å². The number of carbonyl (C=O) groups excluding carboxylic acids is 2. The highest BCUT2D eigenvalue weighted by molar-refractivity contribution is 5.79. The van der Waals surface area contributed by atoms with Gasteiger partial charge in [-0.25, -0.2) is 4.68 Å². The molecule has 1 aliphatic heterocycles. The highest BCUT2D eigenvalue weighted by atomic mass is 19.4. The van der Waals surface area contributed by atoms with Crippen LogP contribution < -0.4 is 5.32 Å². The summed E-state index contributed by atoms with van der Waals surface area (Å²) in [5.41, 5.74) is 2.47. The number of nitrogens with one attached hydrogen (secondary N) is 1. The van der Waals surface area contributed by atoms with Gasteiger partial charge in [-0.2, -0.15) is 18.3 Å². The Hall–Kier alpha value is -3.62. The van der Waals surface area contributed by atoms with Crippen molar-refractivity contribution in [3.63, 3.8) is 0 Å². The van der Waals surface area contributed by atoms with Crippen molar-refractivity contribution in [3.8, 4) is 5.69 Å². The molecular formula is C24H23F3N4O2. The van der Waals surface area contributed by atoms with Crippen LogP contribution in [-0.2, 0) is 28.7 Å². The van der Waals surface area contributed by atoms with Crippen LogP contribution in [0.25, 0.3) is 5.69 Å². The van der Waals surface area contributed by atoms with Gasteiger partial charge in [0.1, 0.15) is 0 Å². The smallest absolute Gasteiger partial charge is 0.352 e. The van der Waals surface area contributed by atoms with Crippen molar-refractivity contribution >= 4 is 11.8 Å². The van der Waals surface area contributed by atoms with Gasteiger partial charge in [-0.1, -0.05) is 36.4 Å². The lowest BCUT2D eigenvalue weighted by Gasteiger charge is -2.36. The SMILES string of the molecule is CC(=O)N1CCc2ccccc2C1CC(=O)NCc1ccc(-n2ccc(C(F)(F)F)n2)cc1. The van der Waals surface area contributed by atoms with Gasteiger partial charge in [0.25, 0.3) is 0 Å². The summed E-state index contributed by atoms with van der Waals surface area (Å²) in [6.07, 6.45) is -2.32. The molecule has 0 fully saturated rings. The van der Waals surface area contributed by atoms with Crippen LogP contribution in [0.3, 0.4) is 0 Å². The molecule has 0 bridgehead atoms. The second-order valence-corrected chi connectivity index (χ2v) is 7.97. The highest BCUT2D eigenvalue weighted by Gasteiger charge is 2.33. The molecule has 1 aliphatic rings. The number of alkyl halides is 3. The first-order valence-electron chi connectivity index (χ1n) is 10.6. The molecule has 2 amide bonds. The van der Waals surface area contributed by atoms with Crippen LogP contribution in [0, 0.1) is 0 Å². The monoisotopic (exact) mass is 456 g/mol. The summed E-state index contributed by atoms with van der Waals surface area (Å²) in [7, 11) is 0. The topological polar surface area (TPSA) is 67.2 Å². The summed E-state index contributed by atoms with van der Waals surface area (Å²) >= 11 is 0. The van der Waals surface area contributed by atoms with E-state index < -0.39 is 11.9 Å². The van der Waals surface area contributed by atoms with Crippen LogP contribution in [-0.4, -0.2) is 33.0 Å². The quantitative estimate of drug-likeness (QED) is 0.630. The second kappa shape index (κ2) is 9.09. The summed E-state index contributed by atoms with van der Waals surface area (Å²) < 4.78 is 39.4. The standard InChI is InChI=1S/C24H23F3N4O2/c1-16(32)30-12-10-18-4-2-3-5-20(18)21(30)14-23(33)28-15-17-6-8-19(9-7-17)31-13-11-22(29-31)24(25,26)27/h2-9,11,13,21H,10,12,14-15H2,1H3,(H,28,33). The van der Waals surface area contributed by atoms with Gasteiger partial charge < -0.3 is 10.2 Å². The first-order valence-corrected chi connectivity index (χ1v) is 10.6. The summed E-state index contributed by atoms with van der Waals surface area (Å²) in [6.45, 7) is 2.35. The lowest BCUT2D eigenvalue weighted by molar-refractivity contribution is -0.141. The van der Waals surface area contributed by atoms with Crippen molar-refractivity contribution in [2.45, 2.75) is 38.5 Å². The number of hydrogen-bond donors (Lipinski definition) is 1. The minimum Gasteiger partial charge on any atom is -0.352 e. The van der Waals surface area contributed by atoms with E-state index in [1.807, 2.05) is 24.3 Å². The zero-order chi connectivity index (χ0) is 23.6. The minimum absolute atomic E-state index is 0.0646. The predicted molar refractivity (Wildman–Crippen MR) is 115 cm³/mol. The number of rotatable bonds is 5. The van der Waals surface area contributed by atoms with Crippen molar-refractivity contribution < 1.29 is 22.8 Å². The zero-order valence-corrected chi connectivity index (χ0v) is 18.0. The Morgan fingerprint density at radius 3 is 2.48 bits per heavy atom. The van der Waals surface area contributed by atoms with Crippen molar-refractivity contribution in [3.05, 3.63) is 83.2 Å². The van der Waals surface area contributed by atoms with E-state index >= 15 is 0 Å². The van der Waals surface area contributed by atoms with Crippen LogP contribution in [0.15, 0.2) is 60.8 Å². The molecule has 2 heterocycles. The Bertz CT molecular complexity index is 1160. The van der Waals surface area contributed by atoms with Crippen LogP contribution >= 0.6 is 0 Å². The molecule has 4 rings (SSSR count). The molecule has 0 aliphatic carbocycles. The Balaban J connectivity index is 1.39. The number of halogens is 3. The Morgan fingerprint density at radius 2 is 1.82 bits per heavy atom. The normalized spacial score (nSPS) is 15.8. The van der Waals surface area contributed by atoms with Crippen LogP contribution in [0.2, 0.25) is 0 Å². The molecule has 1 atom stereocenters. The van der Waals surface area contributed by atoms with Gasteiger partial charge >= 0.3 is 6.18 Å². The maximum Gasteiger partial charge on any atom is 0.435 e. The molecule has 9 heteroatoms. The molecule has 6 nitrogen and oxygen atoms in total. The fraction of sp³-hybridized carbons (Fsp3) is 0.292. The third-order valence-corrected chi connectivity index (χ3v) is 5.77. The molecule has 0 saturated heterocycles. The van der Waals surface area contributed by atoms with Gasteiger partial charge in [0.05, 0.1) is 18.2 Å². The van der Waals surface area contributed by atoms with E-state index in [0.717, 1.165) is 33.9 Å². The molecule has 1 aromatic heterocycles. The lowest BCUT2D eigenvalue weighted by atomic mass is 9.90. The number of carbonyl (C=O) groups is 2. The van der Waals surface area contributed by atoms with E-state index in [0.29, 0.717) is 12.2 Å². The first-order chi connectivity index (χ1) is 15.7. The molecule has 0 spiro atoms. The number of hydrogen-bond acceptors (Lipinski definition) is 3. The maximum atomic E-state index is 12.7. The summed E-state index contributed by atoms with van der Waals surface area (Å²) in [5.74, 6) is -0.251. The van der Waals surface area contributed by atoms with E-state index in [1.165, 1.54) is 13.1 Å². The number of aromatic nitrogens is 2. The Kier molecular flexibility index (Phi) is 6.22. The van der Waals surface area contributed by atoms with E-state index in [2.05, 4.69) is 10.4 Å². The fourth-order valence-corrected chi connectivity index (χ4v) is 4.08. The molecule has 0 radical (unpaired) electrons. The second-order valence-electron chi connectivity index (χ2n) is 7.97. The van der Waals surface area contributed by atoms with Gasteiger partial charge in [0, 0.05) is 26.2 Å². The van der Waals surface area contributed by atoms with Gasteiger partial charge in [-0.3, -0.25) is 9.59 Å². The van der Waals surface area contributed by atoms with Crippen molar-refractivity contribution in [2.24, 2.45) is 0 Å². The van der Waals surface area contributed by atoms with E-state index in [1.54, 1.807) is 29.2 Å². The third kappa shape index (κ3) is 5.08. The van der Waals surface area contributed by atoms with Crippen molar-refractivity contribution in [1.82, 2.24) is 20.0 Å². The summed E-state index contributed by atoms with van der Waals surface area (Å²) in [6, 6.07) is 15.2. The number of benzene rings is 2. The molecule has 33 heavy (non-hydrogen) atoms. The third-order valence-electron chi connectivity index (χ3n) is 5.77. The van der Waals surface area contributed by atoms with Gasteiger partial charge in [0.15, 0.2) is 5.69 Å². The Labute approximate surface area is 189 Å². The lowest BCUT2D eigenvalue weighted by Crippen LogP contribution is -2.41. The molecular weight excluding hydrogens is 433 g/mol. The van der Waals surface area contributed by atoms with Gasteiger partial charge in [-0.05, 0) is 41.3 Å². The van der Waals surface area contributed by atoms with E-state index in [9.17, 15) is 22.8 Å². The first kappa shape index (κ1) is 22.6. The van der Waals surface area contributed by atoms with Gasteiger partial charge in [-0.15, -0.1) is 0 Å². The number of amides is 2.